The summed E-state index contributed by atoms with van der Waals surface area (Å²) in [5.41, 5.74) is 1.38. The molecule has 1 aliphatic heterocycles. The Hall–Kier alpha value is -2.99. The molecule has 27 heavy (non-hydrogen) atoms. The molecule has 0 aliphatic carbocycles. The predicted octanol–water partition coefficient (Wildman–Crippen LogP) is 3.12. The molecule has 6 nitrogen and oxygen atoms in total. The number of pyridine rings is 1. The maximum absolute atomic E-state index is 12.8. The van der Waals surface area contributed by atoms with Crippen molar-refractivity contribution in [1.82, 2.24) is 19.9 Å². The van der Waals surface area contributed by atoms with Crippen molar-refractivity contribution in [3.63, 3.8) is 0 Å². The molecular formula is C20H17ClN4O2. The molecule has 1 saturated heterocycles. The van der Waals surface area contributed by atoms with Crippen LogP contribution in [0.25, 0.3) is 11.4 Å². The molecule has 1 N–H and O–H groups in total. The highest BCUT2D eigenvalue weighted by molar-refractivity contribution is 6.31. The largest absolute Gasteiger partial charge is 0.338 e. The van der Waals surface area contributed by atoms with Crippen molar-refractivity contribution >= 4 is 17.5 Å². The molecule has 1 fully saturated rings. The van der Waals surface area contributed by atoms with Crippen LogP contribution < -0.4 is 5.56 Å². The Morgan fingerprint density at radius 2 is 1.96 bits per heavy atom. The first-order valence-electron chi connectivity index (χ1n) is 8.67. The Kier molecular flexibility index (Phi) is 4.73. The van der Waals surface area contributed by atoms with Crippen LogP contribution in [-0.4, -0.2) is 38.8 Å². The fraction of sp³-hybridized carbons (Fsp3) is 0.200. The molecule has 1 aliphatic rings. The lowest BCUT2D eigenvalue weighted by Gasteiger charge is -2.17. The molecule has 2 aromatic heterocycles. The third kappa shape index (κ3) is 3.48. The van der Waals surface area contributed by atoms with Gasteiger partial charge < -0.3 is 9.88 Å². The molecule has 3 heterocycles. The summed E-state index contributed by atoms with van der Waals surface area (Å²) < 4.78 is 0. The first kappa shape index (κ1) is 17.4. The summed E-state index contributed by atoms with van der Waals surface area (Å²) in [6.45, 7) is 1.12. The van der Waals surface area contributed by atoms with Crippen molar-refractivity contribution in [2.45, 2.75) is 12.3 Å². The van der Waals surface area contributed by atoms with Crippen LogP contribution in [0.4, 0.5) is 0 Å². The molecule has 3 aromatic rings. The average Bonchev–Trinajstić information content (AvgIpc) is 3.18. The van der Waals surface area contributed by atoms with Crippen LogP contribution in [0.2, 0.25) is 5.02 Å². The van der Waals surface area contributed by atoms with E-state index in [2.05, 4.69) is 15.0 Å². The van der Waals surface area contributed by atoms with E-state index in [1.165, 1.54) is 6.20 Å². The summed E-state index contributed by atoms with van der Waals surface area (Å²) in [7, 11) is 0. The molecule has 1 amide bonds. The van der Waals surface area contributed by atoms with Gasteiger partial charge in [-0.2, -0.15) is 0 Å². The van der Waals surface area contributed by atoms with Crippen molar-refractivity contribution in [2.24, 2.45) is 0 Å². The number of aromatic amines is 1. The molecule has 7 heteroatoms. The van der Waals surface area contributed by atoms with Crippen LogP contribution in [0.15, 0.2) is 59.8 Å². The zero-order valence-corrected chi connectivity index (χ0v) is 15.2. The van der Waals surface area contributed by atoms with Crippen molar-refractivity contribution in [1.29, 1.82) is 0 Å². The van der Waals surface area contributed by atoms with Gasteiger partial charge in [0, 0.05) is 48.2 Å². The second kappa shape index (κ2) is 7.32. The van der Waals surface area contributed by atoms with E-state index >= 15 is 0 Å². The number of nitrogens with one attached hydrogen (secondary N) is 1. The monoisotopic (exact) mass is 380 g/mol. The minimum Gasteiger partial charge on any atom is -0.338 e. The molecule has 1 aromatic carbocycles. The topological polar surface area (TPSA) is 79.0 Å². The number of rotatable bonds is 3. The summed E-state index contributed by atoms with van der Waals surface area (Å²) in [5, 5.41) is 0.706. The first-order valence-corrected chi connectivity index (χ1v) is 9.04. The number of aromatic nitrogens is 3. The van der Waals surface area contributed by atoms with E-state index < -0.39 is 5.56 Å². The number of amides is 1. The number of likely N-dealkylation sites (tertiary alicyclic amines) is 1. The van der Waals surface area contributed by atoms with Crippen LogP contribution in [0.3, 0.4) is 0 Å². The van der Waals surface area contributed by atoms with E-state index in [9.17, 15) is 9.59 Å². The van der Waals surface area contributed by atoms with Gasteiger partial charge in [-0.25, -0.2) is 4.98 Å². The Morgan fingerprint density at radius 1 is 1.19 bits per heavy atom. The number of benzene rings is 1. The van der Waals surface area contributed by atoms with Crippen molar-refractivity contribution in [2.75, 3.05) is 13.1 Å². The second-order valence-corrected chi connectivity index (χ2v) is 6.88. The summed E-state index contributed by atoms with van der Waals surface area (Å²) in [6.07, 6.45) is 5.40. The smallest absolute Gasteiger partial charge is 0.264 e. The Labute approximate surface area is 160 Å². The molecule has 1 atom stereocenters. The van der Waals surface area contributed by atoms with E-state index in [0.29, 0.717) is 23.9 Å². The Balaban J connectivity index is 1.54. The molecule has 136 valence electrons. The van der Waals surface area contributed by atoms with Crippen LogP contribution >= 0.6 is 11.6 Å². The van der Waals surface area contributed by atoms with E-state index in [0.717, 1.165) is 17.5 Å². The van der Waals surface area contributed by atoms with E-state index in [4.69, 9.17) is 11.6 Å². The van der Waals surface area contributed by atoms with E-state index in [-0.39, 0.29) is 17.4 Å². The van der Waals surface area contributed by atoms with Crippen LogP contribution in [-0.2, 0) is 0 Å². The van der Waals surface area contributed by atoms with Gasteiger partial charge >= 0.3 is 0 Å². The molecule has 0 radical (unpaired) electrons. The molecule has 0 spiro atoms. The highest BCUT2D eigenvalue weighted by atomic mass is 35.5. The van der Waals surface area contributed by atoms with Gasteiger partial charge in [-0.1, -0.05) is 29.8 Å². The van der Waals surface area contributed by atoms with Gasteiger partial charge in [-0.15, -0.1) is 0 Å². The third-order valence-electron chi connectivity index (χ3n) is 4.80. The predicted molar refractivity (Wildman–Crippen MR) is 103 cm³/mol. The highest BCUT2D eigenvalue weighted by Crippen LogP contribution is 2.32. The van der Waals surface area contributed by atoms with Gasteiger partial charge in [0.1, 0.15) is 11.4 Å². The second-order valence-electron chi connectivity index (χ2n) is 6.47. The number of carbonyl (C=O) groups is 1. The SMILES string of the molecule is O=C(c1cnc(-c2ccncc2)[nH]c1=O)N1CCC(c2ccccc2Cl)C1. The highest BCUT2D eigenvalue weighted by Gasteiger charge is 2.30. The summed E-state index contributed by atoms with van der Waals surface area (Å²) in [5.74, 6) is 0.277. The van der Waals surface area contributed by atoms with Crippen LogP contribution in [0, 0.1) is 0 Å². The number of hydrogen-bond acceptors (Lipinski definition) is 4. The van der Waals surface area contributed by atoms with Crippen molar-refractivity contribution in [3.8, 4) is 11.4 Å². The Bertz CT molecular complexity index is 1040. The molecule has 1 unspecified atom stereocenters. The molecule has 4 rings (SSSR count). The fourth-order valence-electron chi connectivity index (χ4n) is 3.38. The summed E-state index contributed by atoms with van der Waals surface area (Å²) in [4.78, 5) is 37.8. The zero-order valence-electron chi connectivity index (χ0n) is 14.4. The molecule has 0 bridgehead atoms. The number of nitrogens with zero attached hydrogens (tertiary/aromatic N) is 3. The molecule has 0 saturated carbocycles. The lowest BCUT2D eigenvalue weighted by molar-refractivity contribution is 0.0788. The number of hydrogen-bond donors (Lipinski definition) is 1. The van der Waals surface area contributed by atoms with E-state index in [1.807, 2.05) is 24.3 Å². The van der Waals surface area contributed by atoms with Gasteiger partial charge in [0.25, 0.3) is 11.5 Å². The lowest BCUT2D eigenvalue weighted by atomic mass is 9.98. The minimum atomic E-state index is -0.442. The summed E-state index contributed by atoms with van der Waals surface area (Å²) >= 11 is 6.28. The number of halogens is 1. The quantitative estimate of drug-likeness (QED) is 0.757. The zero-order chi connectivity index (χ0) is 18.8. The lowest BCUT2D eigenvalue weighted by Crippen LogP contribution is -2.33. The number of H-pyrrole nitrogens is 1. The third-order valence-corrected chi connectivity index (χ3v) is 5.15. The van der Waals surface area contributed by atoms with Gasteiger partial charge in [0.2, 0.25) is 0 Å². The Morgan fingerprint density at radius 3 is 2.70 bits per heavy atom. The minimum absolute atomic E-state index is 0.0487. The standard InChI is InChI=1S/C20H17ClN4O2/c21-17-4-2-1-3-15(17)14-7-10-25(12-14)20(27)16-11-23-18(24-19(16)26)13-5-8-22-9-6-13/h1-6,8-9,11,14H,7,10,12H2,(H,23,24,26). The van der Waals surface area contributed by atoms with E-state index in [1.54, 1.807) is 29.4 Å². The fourth-order valence-corrected chi connectivity index (χ4v) is 3.67. The van der Waals surface area contributed by atoms with Gasteiger partial charge in [0.05, 0.1) is 0 Å². The van der Waals surface area contributed by atoms with Crippen molar-refractivity contribution in [3.05, 3.63) is 81.5 Å². The van der Waals surface area contributed by atoms with Gasteiger partial charge in [-0.3, -0.25) is 14.6 Å². The van der Waals surface area contributed by atoms with Crippen LogP contribution in [0.1, 0.15) is 28.3 Å². The van der Waals surface area contributed by atoms with Crippen molar-refractivity contribution < 1.29 is 4.79 Å². The van der Waals surface area contributed by atoms with Crippen LogP contribution in [0.5, 0.6) is 0 Å². The maximum atomic E-state index is 12.8. The molecular weight excluding hydrogens is 364 g/mol. The van der Waals surface area contributed by atoms with Gasteiger partial charge in [-0.05, 0) is 30.2 Å². The number of carbonyl (C=O) groups excluding carboxylic acids is 1. The summed E-state index contributed by atoms with van der Waals surface area (Å²) in [6, 6.07) is 11.2. The average molecular weight is 381 g/mol. The van der Waals surface area contributed by atoms with Gasteiger partial charge in [0.15, 0.2) is 0 Å². The first-order chi connectivity index (χ1) is 13.1. The maximum Gasteiger partial charge on any atom is 0.264 e. The normalized spacial score (nSPS) is 16.5.